The van der Waals surface area contributed by atoms with Crippen LogP contribution in [0.5, 0.6) is 0 Å². The smallest absolute Gasteiger partial charge is 0.122 e. The molecule has 0 aromatic carbocycles. The van der Waals surface area contributed by atoms with Gasteiger partial charge in [-0.1, -0.05) is 19.1 Å². The molecular formula is C13H19N3OS. The highest BCUT2D eigenvalue weighted by Gasteiger charge is 2.26. The Morgan fingerprint density at radius 2 is 2.28 bits per heavy atom. The van der Waals surface area contributed by atoms with E-state index in [9.17, 15) is 0 Å². The van der Waals surface area contributed by atoms with Gasteiger partial charge in [-0.15, -0.1) is 0 Å². The number of pyridine rings is 1. The van der Waals surface area contributed by atoms with E-state index in [0.717, 1.165) is 38.3 Å². The Bertz CT molecular complexity index is 430. The van der Waals surface area contributed by atoms with E-state index >= 15 is 0 Å². The van der Waals surface area contributed by atoms with Crippen LogP contribution in [0.25, 0.3) is 0 Å². The van der Waals surface area contributed by atoms with Gasteiger partial charge in [-0.25, -0.2) is 0 Å². The third kappa shape index (κ3) is 3.40. The lowest BCUT2D eigenvalue weighted by molar-refractivity contribution is 0.0300. The Balaban J connectivity index is 1.97. The summed E-state index contributed by atoms with van der Waals surface area (Å²) in [5.74, 6) is 0. The predicted molar refractivity (Wildman–Crippen MR) is 76.8 cm³/mol. The lowest BCUT2D eigenvalue weighted by Gasteiger charge is -2.33. The number of hydrogen-bond acceptors (Lipinski definition) is 4. The topological polar surface area (TPSA) is 60.2 Å². The molecular weight excluding hydrogens is 246 g/mol. The van der Waals surface area contributed by atoms with Crippen LogP contribution in [-0.4, -0.2) is 29.7 Å². The van der Waals surface area contributed by atoms with Crippen LogP contribution in [0.1, 0.15) is 25.5 Å². The van der Waals surface area contributed by atoms with Crippen molar-refractivity contribution in [3.63, 3.8) is 0 Å². The first kappa shape index (κ1) is 13.2. The molecule has 18 heavy (non-hydrogen) atoms. The lowest BCUT2D eigenvalue weighted by Crippen LogP contribution is -2.33. The minimum atomic E-state index is 0.297. The summed E-state index contributed by atoms with van der Waals surface area (Å²) in [6.07, 6.45) is 3.91. The molecule has 1 aliphatic rings. The molecule has 0 spiro atoms. The maximum atomic E-state index is 5.57. The third-order valence-corrected chi connectivity index (χ3v) is 3.64. The summed E-state index contributed by atoms with van der Waals surface area (Å²) in [6.45, 7) is 4.93. The summed E-state index contributed by atoms with van der Waals surface area (Å²) in [7, 11) is 0. The monoisotopic (exact) mass is 265 g/mol. The summed E-state index contributed by atoms with van der Waals surface area (Å²) in [6, 6.07) is 3.83. The zero-order valence-corrected chi connectivity index (χ0v) is 11.4. The molecule has 0 aliphatic carbocycles. The number of thiocarbonyl (C=S) groups is 1. The van der Waals surface area contributed by atoms with Gasteiger partial charge in [0.05, 0.1) is 5.69 Å². The SMILES string of the molecule is CC1(CNc2ccnc(C(N)=S)c2)CCOCC1. The average Bonchev–Trinajstić information content (AvgIpc) is 2.38. The molecule has 5 heteroatoms. The molecule has 3 N–H and O–H groups in total. The zero-order chi connectivity index (χ0) is 13.0. The summed E-state index contributed by atoms with van der Waals surface area (Å²) < 4.78 is 5.40. The van der Waals surface area contributed by atoms with Gasteiger partial charge in [-0.3, -0.25) is 4.98 Å². The van der Waals surface area contributed by atoms with Gasteiger partial charge in [0.15, 0.2) is 0 Å². The molecule has 0 saturated carbocycles. The highest BCUT2D eigenvalue weighted by atomic mass is 32.1. The lowest BCUT2D eigenvalue weighted by atomic mass is 9.82. The van der Waals surface area contributed by atoms with Crippen molar-refractivity contribution in [1.29, 1.82) is 0 Å². The van der Waals surface area contributed by atoms with Gasteiger partial charge in [0.25, 0.3) is 0 Å². The first-order chi connectivity index (χ1) is 8.59. The number of rotatable bonds is 4. The van der Waals surface area contributed by atoms with Gasteiger partial charge in [0.1, 0.15) is 4.99 Å². The quantitative estimate of drug-likeness (QED) is 0.815. The molecule has 98 valence electrons. The molecule has 1 fully saturated rings. The standard InChI is InChI=1S/C13H19N3OS/c1-13(3-6-17-7-4-13)9-16-10-2-5-15-11(8-10)12(14)18/h2,5,8H,3-4,6-7,9H2,1H3,(H2,14,18)(H,15,16). The molecule has 2 rings (SSSR count). The maximum Gasteiger partial charge on any atom is 0.122 e. The van der Waals surface area contributed by atoms with Crippen LogP contribution in [-0.2, 0) is 4.74 Å². The number of nitrogens with two attached hydrogens (primary N) is 1. The van der Waals surface area contributed by atoms with Crippen LogP contribution in [0.15, 0.2) is 18.3 Å². The van der Waals surface area contributed by atoms with Gasteiger partial charge >= 0.3 is 0 Å². The van der Waals surface area contributed by atoms with Crippen molar-refractivity contribution < 1.29 is 4.74 Å². The fourth-order valence-corrected chi connectivity index (χ4v) is 2.14. The van der Waals surface area contributed by atoms with Gasteiger partial charge in [0, 0.05) is 31.6 Å². The van der Waals surface area contributed by atoms with Gasteiger partial charge in [0.2, 0.25) is 0 Å². The molecule has 0 bridgehead atoms. The average molecular weight is 265 g/mol. The van der Waals surface area contributed by atoms with Crippen LogP contribution >= 0.6 is 12.2 Å². The van der Waals surface area contributed by atoms with Crippen molar-refractivity contribution in [2.24, 2.45) is 11.1 Å². The number of aromatic nitrogens is 1. The maximum absolute atomic E-state index is 5.57. The molecule has 1 aromatic heterocycles. The van der Waals surface area contributed by atoms with Gasteiger partial charge in [-0.05, 0) is 30.4 Å². The minimum absolute atomic E-state index is 0.297. The van der Waals surface area contributed by atoms with Crippen molar-refractivity contribution >= 4 is 22.9 Å². The summed E-state index contributed by atoms with van der Waals surface area (Å²) in [5.41, 5.74) is 7.54. The first-order valence-corrected chi connectivity index (χ1v) is 6.57. The highest BCUT2D eigenvalue weighted by molar-refractivity contribution is 7.80. The second-order valence-electron chi connectivity index (χ2n) is 5.07. The Morgan fingerprint density at radius 1 is 1.56 bits per heavy atom. The molecule has 1 aliphatic heterocycles. The van der Waals surface area contributed by atoms with E-state index in [0.29, 0.717) is 16.1 Å². The van der Waals surface area contributed by atoms with E-state index in [-0.39, 0.29) is 0 Å². The normalized spacial score (nSPS) is 18.3. The van der Waals surface area contributed by atoms with Crippen molar-refractivity contribution in [3.05, 3.63) is 24.0 Å². The van der Waals surface area contributed by atoms with Crippen molar-refractivity contribution in [2.45, 2.75) is 19.8 Å². The number of ether oxygens (including phenoxy) is 1. The minimum Gasteiger partial charge on any atom is -0.388 e. The molecule has 0 amide bonds. The second-order valence-corrected chi connectivity index (χ2v) is 5.51. The fraction of sp³-hybridized carbons (Fsp3) is 0.538. The molecule has 2 heterocycles. The fourth-order valence-electron chi connectivity index (χ4n) is 2.03. The summed E-state index contributed by atoms with van der Waals surface area (Å²) >= 11 is 4.92. The van der Waals surface area contributed by atoms with Crippen molar-refractivity contribution in [1.82, 2.24) is 4.98 Å². The van der Waals surface area contributed by atoms with E-state index in [2.05, 4.69) is 17.2 Å². The van der Waals surface area contributed by atoms with Crippen LogP contribution in [0.4, 0.5) is 5.69 Å². The number of nitrogens with zero attached hydrogens (tertiary/aromatic N) is 1. The number of hydrogen-bond donors (Lipinski definition) is 2. The molecule has 1 saturated heterocycles. The van der Waals surface area contributed by atoms with Crippen LogP contribution < -0.4 is 11.1 Å². The summed E-state index contributed by atoms with van der Waals surface area (Å²) in [5, 5.41) is 3.44. The Morgan fingerprint density at radius 3 is 2.94 bits per heavy atom. The zero-order valence-electron chi connectivity index (χ0n) is 10.6. The van der Waals surface area contributed by atoms with Crippen LogP contribution in [0.3, 0.4) is 0 Å². The molecule has 0 atom stereocenters. The van der Waals surface area contributed by atoms with Crippen molar-refractivity contribution in [2.75, 3.05) is 25.1 Å². The Hall–Kier alpha value is -1.20. The van der Waals surface area contributed by atoms with Gasteiger partial charge < -0.3 is 15.8 Å². The highest BCUT2D eigenvalue weighted by Crippen LogP contribution is 2.29. The van der Waals surface area contributed by atoms with E-state index < -0.39 is 0 Å². The van der Waals surface area contributed by atoms with E-state index in [1.165, 1.54) is 0 Å². The van der Waals surface area contributed by atoms with E-state index in [1.807, 2.05) is 12.1 Å². The molecule has 0 unspecified atom stereocenters. The molecule has 4 nitrogen and oxygen atoms in total. The Labute approximate surface area is 113 Å². The van der Waals surface area contributed by atoms with Crippen LogP contribution in [0.2, 0.25) is 0 Å². The molecule has 0 radical (unpaired) electrons. The second kappa shape index (κ2) is 5.63. The van der Waals surface area contributed by atoms with E-state index in [4.69, 9.17) is 22.7 Å². The third-order valence-electron chi connectivity index (χ3n) is 3.43. The Kier molecular flexibility index (Phi) is 4.14. The number of anilines is 1. The summed E-state index contributed by atoms with van der Waals surface area (Å²) in [4.78, 5) is 4.45. The largest absolute Gasteiger partial charge is 0.388 e. The van der Waals surface area contributed by atoms with Gasteiger partial charge in [-0.2, -0.15) is 0 Å². The first-order valence-electron chi connectivity index (χ1n) is 6.17. The van der Waals surface area contributed by atoms with Crippen LogP contribution in [0, 0.1) is 5.41 Å². The van der Waals surface area contributed by atoms with E-state index in [1.54, 1.807) is 6.20 Å². The molecule has 1 aromatic rings. The van der Waals surface area contributed by atoms with Crippen molar-refractivity contribution in [3.8, 4) is 0 Å². The predicted octanol–water partition coefficient (Wildman–Crippen LogP) is 1.94. The number of nitrogens with one attached hydrogen (secondary N) is 1.